The SMILES string of the molecule is OC1CCc2cc(OCc3cc(Cl)ccc3Cl)ccc21. The number of halogens is 2. The number of aryl methyl sites for hydroxylation is 1. The molecule has 0 saturated carbocycles. The number of hydrogen-bond acceptors (Lipinski definition) is 2. The zero-order valence-electron chi connectivity index (χ0n) is 10.8. The molecule has 0 fully saturated rings. The molecule has 0 amide bonds. The average molecular weight is 309 g/mol. The van der Waals surface area contributed by atoms with Crippen molar-refractivity contribution >= 4 is 23.2 Å². The van der Waals surface area contributed by atoms with Crippen LogP contribution in [0.25, 0.3) is 0 Å². The Hall–Kier alpha value is -1.22. The Balaban J connectivity index is 1.74. The third kappa shape index (κ3) is 2.78. The van der Waals surface area contributed by atoms with Crippen LogP contribution in [0.15, 0.2) is 36.4 Å². The first-order valence-electron chi connectivity index (χ1n) is 6.51. The van der Waals surface area contributed by atoms with Crippen molar-refractivity contribution < 1.29 is 9.84 Å². The van der Waals surface area contributed by atoms with E-state index in [1.165, 1.54) is 0 Å². The summed E-state index contributed by atoms with van der Waals surface area (Å²) in [5, 5.41) is 11.1. The second-order valence-corrected chi connectivity index (χ2v) is 5.78. The van der Waals surface area contributed by atoms with Gasteiger partial charge in [0.05, 0.1) is 6.10 Å². The van der Waals surface area contributed by atoms with Gasteiger partial charge in [0.2, 0.25) is 0 Å². The maximum Gasteiger partial charge on any atom is 0.120 e. The molecule has 3 rings (SSSR count). The number of aliphatic hydroxyl groups is 1. The number of benzene rings is 2. The second kappa shape index (κ2) is 5.65. The summed E-state index contributed by atoms with van der Waals surface area (Å²) in [5.41, 5.74) is 3.03. The van der Waals surface area contributed by atoms with Gasteiger partial charge in [-0.15, -0.1) is 0 Å². The van der Waals surface area contributed by atoms with E-state index < -0.39 is 0 Å². The van der Waals surface area contributed by atoms with Crippen molar-refractivity contribution in [2.75, 3.05) is 0 Å². The van der Waals surface area contributed by atoms with Gasteiger partial charge >= 0.3 is 0 Å². The molecule has 0 bridgehead atoms. The Morgan fingerprint density at radius 1 is 1.15 bits per heavy atom. The summed E-state index contributed by atoms with van der Waals surface area (Å²) >= 11 is 12.1. The molecule has 0 aliphatic heterocycles. The molecule has 1 N–H and O–H groups in total. The van der Waals surface area contributed by atoms with E-state index in [0.717, 1.165) is 35.3 Å². The molecule has 20 heavy (non-hydrogen) atoms. The minimum Gasteiger partial charge on any atom is -0.489 e. The number of hydrogen-bond donors (Lipinski definition) is 1. The first kappa shape index (κ1) is 13.7. The molecule has 0 aromatic heterocycles. The van der Waals surface area contributed by atoms with Crippen LogP contribution in [0.2, 0.25) is 10.0 Å². The minimum absolute atomic E-state index is 0.332. The predicted octanol–water partition coefficient (Wildman–Crippen LogP) is 4.55. The highest BCUT2D eigenvalue weighted by Crippen LogP contribution is 2.33. The molecule has 2 nitrogen and oxygen atoms in total. The largest absolute Gasteiger partial charge is 0.489 e. The Morgan fingerprint density at radius 2 is 2.00 bits per heavy atom. The molecule has 104 valence electrons. The van der Waals surface area contributed by atoms with Crippen LogP contribution in [0.3, 0.4) is 0 Å². The highest BCUT2D eigenvalue weighted by molar-refractivity contribution is 6.33. The molecule has 0 spiro atoms. The third-order valence-corrected chi connectivity index (χ3v) is 4.17. The van der Waals surface area contributed by atoms with Crippen LogP contribution in [0.5, 0.6) is 5.75 Å². The van der Waals surface area contributed by atoms with E-state index >= 15 is 0 Å². The zero-order chi connectivity index (χ0) is 14.1. The van der Waals surface area contributed by atoms with Gasteiger partial charge in [0.25, 0.3) is 0 Å². The van der Waals surface area contributed by atoms with Crippen molar-refractivity contribution in [1.29, 1.82) is 0 Å². The maximum atomic E-state index is 9.77. The fourth-order valence-electron chi connectivity index (χ4n) is 2.48. The first-order chi connectivity index (χ1) is 9.63. The van der Waals surface area contributed by atoms with E-state index in [1.807, 2.05) is 18.2 Å². The predicted molar refractivity (Wildman–Crippen MR) is 80.5 cm³/mol. The van der Waals surface area contributed by atoms with Crippen LogP contribution in [0.4, 0.5) is 0 Å². The van der Waals surface area contributed by atoms with Crippen molar-refractivity contribution in [2.24, 2.45) is 0 Å². The van der Waals surface area contributed by atoms with Crippen LogP contribution < -0.4 is 4.74 Å². The summed E-state index contributed by atoms with van der Waals surface area (Å²) in [6.07, 6.45) is 1.35. The standard InChI is InChI=1S/C16H14Cl2O2/c17-12-2-5-15(18)11(7-12)9-20-13-3-4-14-10(8-13)1-6-16(14)19/h2-5,7-8,16,19H,1,6,9H2. The van der Waals surface area contributed by atoms with Crippen molar-refractivity contribution in [3.8, 4) is 5.75 Å². The van der Waals surface area contributed by atoms with E-state index in [2.05, 4.69) is 0 Å². The summed E-state index contributed by atoms with van der Waals surface area (Å²) in [6, 6.07) is 11.1. The molecule has 2 aromatic carbocycles. The number of aliphatic hydroxyl groups excluding tert-OH is 1. The van der Waals surface area contributed by atoms with E-state index in [1.54, 1.807) is 18.2 Å². The average Bonchev–Trinajstić information content (AvgIpc) is 2.81. The lowest BCUT2D eigenvalue weighted by Gasteiger charge is -2.10. The van der Waals surface area contributed by atoms with Crippen LogP contribution in [-0.2, 0) is 13.0 Å². The highest BCUT2D eigenvalue weighted by atomic mass is 35.5. The summed E-state index contributed by atoms with van der Waals surface area (Å²) < 4.78 is 5.76. The molecular weight excluding hydrogens is 295 g/mol. The lowest BCUT2D eigenvalue weighted by molar-refractivity contribution is 0.180. The van der Waals surface area contributed by atoms with Gasteiger partial charge in [-0.25, -0.2) is 0 Å². The van der Waals surface area contributed by atoms with Gasteiger partial charge in [-0.05, 0) is 54.3 Å². The highest BCUT2D eigenvalue weighted by Gasteiger charge is 2.20. The molecule has 0 radical (unpaired) electrons. The van der Waals surface area contributed by atoms with Crippen LogP contribution in [0, 0.1) is 0 Å². The van der Waals surface area contributed by atoms with Crippen LogP contribution in [-0.4, -0.2) is 5.11 Å². The normalized spacial score (nSPS) is 17.1. The number of fused-ring (bicyclic) bond motifs is 1. The summed E-state index contributed by atoms with van der Waals surface area (Å²) in [6.45, 7) is 0.376. The Kier molecular flexibility index (Phi) is 3.88. The van der Waals surface area contributed by atoms with Gasteiger partial charge in [-0.2, -0.15) is 0 Å². The number of rotatable bonds is 3. The van der Waals surface area contributed by atoms with Gasteiger partial charge in [0, 0.05) is 15.6 Å². The molecular formula is C16H14Cl2O2. The molecule has 1 aliphatic carbocycles. The van der Waals surface area contributed by atoms with E-state index in [0.29, 0.717) is 16.7 Å². The molecule has 0 heterocycles. The fourth-order valence-corrected chi connectivity index (χ4v) is 2.84. The molecule has 0 saturated heterocycles. The van der Waals surface area contributed by atoms with Crippen molar-refractivity contribution in [1.82, 2.24) is 0 Å². The van der Waals surface area contributed by atoms with Gasteiger partial charge in [0.1, 0.15) is 12.4 Å². The second-order valence-electron chi connectivity index (χ2n) is 4.94. The summed E-state index contributed by atoms with van der Waals surface area (Å²) in [4.78, 5) is 0. The van der Waals surface area contributed by atoms with Gasteiger partial charge < -0.3 is 9.84 Å². The fraction of sp³-hybridized carbons (Fsp3) is 0.250. The van der Waals surface area contributed by atoms with Gasteiger partial charge in [-0.1, -0.05) is 29.3 Å². The number of ether oxygens (including phenoxy) is 1. The van der Waals surface area contributed by atoms with Gasteiger partial charge in [0.15, 0.2) is 0 Å². The van der Waals surface area contributed by atoms with Crippen LogP contribution in [0.1, 0.15) is 29.2 Å². The van der Waals surface area contributed by atoms with Crippen LogP contribution >= 0.6 is 23.2 Å². The van der Waals surface area contributed by atoms with Gasteiger partial charge in [-0.3, -0.25) is 0 Å². The zero-order valence-corrected chi connectivity index (χ0v) is 12.3. The molecule has 1 atom stereocenters. The molecule has 2 aromatic rings. The Morgan fingerprint density at radius 3 is 2.85 bits per heavy atom. The quantitative estimate of drug-likeness (QED) is 0.901. The van der Waals surface area contributed by atoms with Crippen molar-refractivity contribution in [2.45, 2.75) is 25.6 Å². The monoisotopic (exact) mass is 308 g/mol. The lowest BCUT2D eigenvalue weighted by Crippen LogP contribution is -1.97. The summed E-state index contributed by atoms with van der Waals surface area (Å²) in [7, 11) is 0. The molecule has 1 unspecified atom stereocenters. The van der Waals surface area contributed by atoms with E-state index in [4.69, 9.17) is 27.9 Å². The first-order valence-corrected chi connectivity index (χ1v) is 7.26. The molecule has 4 heteroatoms. The lowest BCUT2D eigenvalue weighted by atomic mass is 10.1. The third-order valence-electron chi connectivity index (χ3n) is 3.56. The van der Waals surface area contributed by atoms with E-state index in [9.17, 15) is 5.11 Å². The maximum absolute atomic E-state index is 9.77. The van der Waals surface area contributed by atoms with Crippen molar-refractivity contribution in [3.05, 3.63) is 63.1 Å². The topological polar surface area (TPSA) is 29.5 Å². The molecule has 1 aliphatic rings. The minimum atomic E-state index is -0.332. The van der Waals surface area contributed by atoms with Crippen molar-refractivity contribution in [3.63, 3.8) is 0 Å². The Bertz CT molecular complexity index is 640. The Labute approximate surface area is 127 Å². The summed E-state index contributed by atoms with van der Waals surface area (Å²) in [5.74, 6) is 0.786. The smallest absolute Gasteiger partial charge is 0.120 e. The van der Waals surface area contributed by atoms with E-state index in [-0.39, 0.29) is 6.10 Å².